The van der Waals surface area contributed by atoms with Gasteiger partial charge in [0.05, 0.1) is 18.9 Å². The summed E-state index contributed by atoms with van der Waals surface area (Å²) in [6, 6.07) is 12.9. The number of hydrogen-bond acceptors (Lipinski definition) is 3. The SMILES string of the molecule is CCc1ccc(C(C)NC(=NCC2CCOC2)NCCc2ccco2)cc1. The smallest absolute Gasteiger partial charge is 0.191 e. The van der Waals surface area contributed by atoms with Crippen molar-refractivity contribution in [1.29, 1.82) is 0 Å². The van der Waals surface area contributed by atoms with Crippen LogP contribution < -0.4 is 10.6 Å². The number of aryl methyl sites for hydroxylation is 1. The zero-order valence-corrected chi connectivity index (χ0v) is 16.4. The van der Waals surface area contributed by atoms with Gasteiger partial charge >= 0.3 is 0 Å². The van der Waals surface area contributed by atoms with Crippen LogP contribution in [-0.2, 0) is 17.6 Å². The van der Waals surface area contributed by atoms with Crippen LogP contribution in [0.25, 0.3) is 0 Å². The Hall–Kier alpha value is -2.27. The van der Waals surface area contributed by atoms with Gasteiger partial charge in [0.15, 0.2) is 5.96 Å². The van der Waals surface area contributed by atoms with E-state index in [2.05, 4.69) is 48.7 Å². The van der Waals surface area contributed by atoms with Crippen molar-refractivity contribution in [3.05, 3.63) is 59.5 Å². The molecule has 1 saturated heterocycles. The molecule has 1 aromatic carbocycles. The Bertz CT molecular complexity index is 689. The summed E-state index contributed by atoms with van der Waals surface area (Å²) in [7, 11) is 0. The molecule has 1 aromatic heterocycles. The molecule has 3 rings (SSSR count). The van der Waals surface area contributed by atoms with Crippen LogP contribution in [0.3, 0.4) is 0 Å². The number of guanidine groups is 1. The fraction of sp³-hybridized carbons (Fsp3) is 0.500. The van der Waals surface area contributed by atoms with Crippen molar-refractivity contribution in [2.45, 2.75) is 39.2 Å². The highest BCUT2D eigenvalue weighted by atomic mass is 16.5. The summed E-state index contributed by atoms with van der Waals surface area (Å²) >= 11 is 0. The van der Waals surface area contributed by atoms with E-state index in [0.717, 1.165) is 57.3 Å². The number of benzene rings is 1. The van der Waals surface area contributed by atoms with Crippen LogP contribution in [0.15, 0.2) is 52.1 Å². The van der Waals surface area contributed by atoms with E-state index in [-0.39, 0.29) is 6.04 Å². The Morgan fingerprint density at radius 1 is 1.26 bits per heavy atom. The van der Waals surface area contributed by atoms with Gasteiger partial charge in [0.25, 0.3) is 0 Å². The summed E-state index contributed by atoms with van der Waals surface area (Å²) < 4.78 is 10.9. The van der Waals surface area contributed by atoms with Crippen molar-refractivity contribution in [1.82, 2.24) is 10.6 Å². The van der Waals surface area contributed by atoms with Crippen LogP contribution in [0.2, 0.25) is 0 Å². The van der Waals surface area contributed by atoms with Crippen LogP contribution in [0.4, 0.5) is 0 Å². The Labute approximate surface area is 162 Å². The Morgan fingerprint density at radius 3 is 2.78 bits per heavy atom. The van der Waals surface area contributed by atoms with E-state index < -0.39 is 0 Å². The van der Waals surface area contributed by atoms with Crippen molar-refractivity contribution >= 4 is 5.96 Å². The van der Waals surface area contributed by atoms with Crippen LogP contribution in [0, 0.1) is 5.92 Å². The van der Waals surface area contributed by atoms with Gasteiger partial charge < -0.3 is 19.8 Å². The maximum Gasteiger partial charge on any atom is 0.191 e. The molecular formula is C22H31N3O2. The minimum atomic E-state index is 0.186. The molecule has 0 spiro atoms. The molecule has 5 heteroatoms. The van der Waals surface area contributed by atoms with Gasteiger partial charge in [0.1, 0.15) is 5.76 Å². The van der Waals surface area contributed by atoms with E-state index >= 15 is 0 Å². The van der Waals surface area contributed by atoms with E-state index in [1.807, 2.05) is 12.1 Å². The zero-order chi connectivity index (χ0) is 18.9. The first-order valence-corrected chi connectivity index (χ1v) is 9.98. The predicted molar refractivity (Wildman–Crippen MR) is 109 cm³/mol. The van der Waals surface area contributed by atoms with Gasteiger partial charge in [-0.05, 0) is 43.0 Å². The standard InChI is InChI=1S/C22H31N3O2/c1-3-18-6-8-20(9-7-18)17(2)25-22(24-15-19-11-14-26-16-19)23-12-10-21-5-4-13-27-21/h4-9,13,17,19H,3,10-12,14-16H2,1-2H3,(H2,23,24,25). The quantitative estimate of drug-likeness (QED) is 0.550. The monoisotopic (exact) mass is 369 g/mol. The lowest BCUT2D eigenvalue weighted by Crippen LogP contribution is -2.40. The highest BCUT2D eigenvalue weighted by molar-refractivity contribution is 5.80. The van der Waals surface area contributed by atoms with Crippen molar-refractivity contribution in [2.75, 3.05) is 26.3 Å². The number of hydrogen-bond donors (Lipinski definition) is 2. The minimum Gasteiger partial charge on any atom is -0.469 e. The van der Waals surface area contributed by atoms with Gasteiger partial charge in [0.2, 0.25) is 0 Å². The molecule has 0 saturated carbocycles. The molecule has 0 radical (unpaired) electrons. The third kappa shape index (κ3) is 6.14. The minimum absolute atomic E-state index is 0.186. The van der Waals surface area contributed by atoms with Crippen LogP contribution >= 0.6 is 0 Å². The molecule has 27 heavy (non-hydrogen) atoms. The van der Waals surface area contributed by atoms with Crippen molar-refractivity contribution in [3.63, 3.8) is 0 Å². The molecule has 2 aromatic rings. The normalized spacial score (nSPS) is 18.4. The molecule has 2 heterocycles. The van der Waals surface area contributed by atoms with Gasteiger partial charge in [-0.1, -0.05) is 31.2 Å². The van der Waals surface area contributed by atoms with Gasteiger partial charge in [-0.15, -0.1) is 0 Å². The zero-order valence-electron chi connectivity index (χ0n) is 16.4. The van der Waals surface area contributed by atoms with Crippen molar-refractivity contribution < 1.29 is 9.15 Å². The molecule has 2 atom stereocenters. The molecule has 0 aliphatic carbocycles. The molecule has 2 N–H and O–H groups in total. The molecule has 1 aliphatic heterocycles. The Kier molecular flexibility index (Phi) is 7.34. The number of nitrogens with one attached hydrogen (secondary N) is 2. The fourth-order valence-corrected chi connectivity index (χ4v) is 3.19. The molecule has 5 nitrogen and oxygen atoms in total. The van der Waals surface area contributed by atoms with Crippen LogP contribution in [-0.4, -0.2) is 32.3 Å². The number of rotatable bonds is 8. The molecule has 0 amide bonds. The first kappa shape index (κ1) is 19.5. The third-order valence-corrected chi connectivity index (χ3v) is 5.02. The van der Waals surface area contributed by atoms with E-state index in [1.54, 1.807) is 6.26 Å². The Morgan fingerprint density at radius 2 is 2.11 bits per heavy atom. The lowest BCUT2D eigenvalue weighted by Gasteiger charge is -2.19. The lowest BCUT2D eigenvalue weighted by molar-refractivity contribution is 0.187. The number of ether oxygens (including phenoxy) is 1. The fourth-order valence-electron chi connectivity index (χ4n) is 3.19. The highest BCUT2D eigenvalue weighted by Crippen LogP contribution is 2.15. The highest BCUT2D eigenvalue weighted by Gasteiger charge is 2.16. The van der Waals surface area contributed by atoms with Crippen molar-refractivity contribution in [3.8, 4) is 0 Å². The molecule has 146 valence electrons. The van der Waals surface area contributed by atoms with E-state index in [9.17, 15) is 0 Å². The van der Waals surface area contributed by atoms with Crippen molar-refractivity contribution in [2.24, 2.45) is 10.9 Å². The van der Waals surface area contributed by atoms with Crippen LogP contribution in [0.1, 0.15) is 43.2 Å². The van der Waals surface area contributed by atoms with E-state index in [0.29, 0.717) is 5.92 Å². The Balaban J connectivity index is 1.58. The van der Waals surface area contributed by atoms with Gasteiger partial charge in [-0.25, -0.2) is 0 Å². The molecule has 0 bridgehead atoms. The predicted octanol–water partition coefficient (Wildman–Crippen LogP) is 3.72. The number of nitrogens with zero attached hydrogens (tertiary/aromatic N) is 1. The second-order valence-electron chi connectivity index (χ2n) is 7.14. The molecule has 1 fully saturated rings. The van der Waals surface area contributed by atoms with E-state index in [4.69, 9.17) is 14.1 Å². The molecular weight excluding hydrogens is 338 g/mol. The summed E-state index contributed by atoms with van der Waals surface area (Å²) in [5, 5.41) is 6.99. The second kappa shape index (κ2) is 10.2. The topological polar surface area (TPSA) is 58.8 Å². The first-order valence-electron chi connectivity index (χ1n) is 9.98. The van der Waals surface area contributed by atoms with Crippen LogP contribution in [0.5, 0.6) is 0 Å². The largest absolute Gasteiger partial charge is 0.469 e. The van der Waals surface area contributed by atoms with Gasteiger partial charge in [0, 0.05) is 32.0 Å². The molecule has 2 unspecified atom stereocenters. The maximum absolute atomic E-state index is 5.47. The second-order valence-corrected chi connectivity index (χ2v) is 7.14. The van der Waals surface area contributed by atoms with Gasteiger partial charge in [-0.2, -0.15) is 0 Å². The third-order valence-electron chi connectivity index (χ3n) is 5.02. The van der Waals surface area contributed by atoms with Gasteiger partial charge in [-0.3, -0.25) is 4.99 Å². The summed E-state index contributed by atoms with van der Waals surface area (Å²) in [5.74, 6) is 2.35. The lowest BCUT2D eigenvalue weighted by atomic mass is 10.1. The number of furan rings is 1. The summed E-state index contributed by atoms with van der Waals surface area (Å²) in [6.45, 7) is 7.59. The summed E-state index contributed by atoms with van der Waals surface area (Å²) in [4.78, 5) is 4.81. The number of aliphatic imine (C=N–C) groups is 1. The average molecular weight is 370 g/mol. The molecule has 1 aliphatic rings. The first-order chi connectivity index (χ1) is 13.2. The summed E-state index contributed by atoms with van der Waals surface area (Å²) in [6.07, 6.45) is 4.70. The maximum atomic E-state index is 5.47. The average Bonchev–Trinajstić information content (AvgIpc) is 3.40. The summed E-state index contributed by atoms with van der Waals surface area (Å²) in [5.41, 5.74) is 2.62. The van der Waals surface area contributed by atoms with E-state index in [1.165, 1.54) is 11.1 Å².